The Morgan fingerprint density at radius 3 is 2.60 bits per heavy atom. The maximum atomic E-state index is 13.2. The van der Waals surface area contributed by atoms with Crippen LogP contribution >= 0.6 is 0 Å². The molecule has 0 aliphatic carbocycles. The molecule has 1 saturated heterocycles. The molecule has 0 saturated carbocycles. The van der Waals surface area contributed by atoms with Crippen molar-refractivity contribution in [3.63, 3.8) is 0 Å². The molecule has 1 aromatic carbocycles. The Labute approximate surface area is 178 Å². The van der Waals surface area contributed by atoms with Crippen LogP contribution in [0.4, 0.5) is 4.79 Å². The summed E-state index contributed by atoms with van der Waals surface area (Å²) in [5.74, 6) is 0.594. The summed E-state index contributed by atoms with van der Waals surface area (Å²) in [4.78, 5) is 29.2. The zero-order chi connectivity index (χ0) is 21.3. The summed E-state index contributed by atoms with van der Waals surface area (Å²) in [6.07, 6.45) is 3.57. The molecule has 1 aliphatic rings. The van der Waals surface area contributed by atoms with E-state index in [0.717, 1.165) is 25.0 Å². The zero-order valence-electron chi connectivity index (χ0n) is 17.8. The number of amides is 3. The Hall–Kier alpha value is -2.80. The quantitative estimate of drug-likeness (QED) is 0.684. The molecule has 2 heterocycles. The van der Waals surface area contributed by atoms with Gasteiger partial charge in [-0.2, -0.15) is 0 Å². The van der Waals surface area contributed by atoms with Crippen LogP contribution in [-0.4, -0.2) is 53.6 Å². The summed E-state index contributed by atoms with van der Waals surface area (Å²) in [6.45, 7) is 5.83. The standard InChI is InChI=1S/C23H31N3O4/c1-18(2)26(23(28)24-14-19-8-4-3-5-9-19)17-22(27)25(15-20-10-6-12-29-20)16-21-11-7-13-30-21/h3-6,8-10,12,18,21H,7,11,13-17H2,1-2H3,(H,24,28)/t21-/m0/s1. The first-order valence-corrected chi connectivity index (χ1v) is 10.5. The highest BCUT2D eigenvalue weighted by Crippen LogP contribution is 2.16. The Morgan fingerprint density at radius 1 is 1.17 bits per heavy atom. The fourth-order valence-electron chi connectivity index (χ4n) is 3.49. The molecule has 1 aromatic heterocycles. The lowest BCUT2D eigenvalue weighted by Crippen LogP contribution is -2.50. The average molecular weight is 414 g/mol. The van der Waals surface area contributed by atoms with E-state index in [1.165, 1.54) is 0 Å². The van der Waals surface area contributed by atoms with E-state index in [2.05, 4.69) is 5.32 Å². The maximum absolute atomic E-state index is 13.2. The van der Waals surface area contributed by atoms with Crippen molar-refractivity contribution in [2.75, 3.05) is 19.7 Å². The smallest absolute Gasteiger partial charge is 0.318 e. The fraction of sp³-hybridized carbons (Fsp3) is 0.478. The van der Waals surface area contributed by atoms with Gasteiger partial charge in [-0.3, -0.25) is 4.79 Å². The Kier molecular flexibility index (Phi) is 7.90. The molecule has 0 unspecified atom stereocenters. The minimum atomic E-state index is -0.253. The van der Waals surface area contributed by atoms with Crippen molar-refractivity contribution in [1.29, 1.82) is 0 Å². The third-order valence-electron chi connectivity index (χ3n) is 5.20. The Balaban J connectivity index is 1.62. The first-order valence-electron chi connectivity index (χ1n) is 10.5. The molecule has 2 aromatic rings. The van der Waals surface area contributed by atoms with E-state index in [0.29, 0.717) is 25.4 Å². The van der Waals surface area contributed by atoms with Gasteiger partial charge in [-0.1, -0.05) is 30.3 Å². The molecule has 1 aliphatic heterocycles. The van der Waals surface area contributed by atoms with Crippen molar-refractivity contribution >= 4 is 11.9 Å². The number of rotatable bonds is 9. The SMILES string of the molecule is CC(C)N(CC(=O)N(Cc1ccco1)C[C@@H]1CCCO1)C(=O)NCc1ccccc1. The van der Waals surface area contributed by atoms with E-state index in [9.17, 15) is 9.59 Å². The van der Waals surface area contributed by atoms with Gasteiger partial charge in [0.05, 0.1) is 18.9 Å². The lowest BCUT2D eigenvalue weighted by Gasteiger charge is -2.31. The monoisotopic (exact) mass is 413 g/mol. The Morgan fingerprint density at radius 2 is 1.97 bits per heavy atom. The molecule has 162 valence electrons. The second-order valence-electron chi connectivity index (χ2n) is 7.85. The molecule has 30 heavy (non-hydrogen) atoms. The predicted octanol–water partition coefficient (Wildman–Crippen LogP) is 3.41. The molecule has 3 amide bonds. The van der Waals surface area contributed by atoms with Crippen molar-refractivity contribution in [3.8, 4) is 0 Å². The summed E-state index contributed by atoms with van der Waals surface area (Å²) >= 11 is 0. The molecule has 1 N–H and O–H groups in total. The van der Waals surface area contributed by atoms with E-state index in [1.54, 1.807) is 16.1 Å². The number of nitrogens with one attached hydrogen (secondary N) is 1. The van der Waals surface area contributed by atoms with Crippen LogP contribution in [0.2, 0.25) is 0 Å². The average Bonchev–Trinajstić information content (AvgIpc) is 3.44. The van der Waals surface area contributed by atoms with Crippen LogP contribution in [-0.2, 0) is 22.6 Å². The van der Waals surface area contributed by atoms with Crippen LogP contribution < -0.4 is 5.32 Å². The summed E-state index contributed by atoms with van der Waals surface area (Å²) in [6, 6.07) is 13.0. The highest BCUT2D eigenvalue weighted by molar-refractivity contribution is 5.84. The number of urea groups is 1. The summed E-state index contributed by atoms with van der Waals surface area (Å²) in [5.41, 5.74) is 1.01. The summed E-state index contributed by atoms with van der Waals surface area (Å²) < 4.78 is 11.2. The highest BCUT2D eigenvalue weighted by atomic mass is 16.5. The van der Waals surface area contributed by atoms with Gasteiger partial charge in [0.1, 0.15) is 12.3 Å². The van der Waals surface area contributed by atoms with Crippen molar-refractivity contribution in [2.24, 2.45) is 0 Å². The largest absolute Gasteiger partial charge is 0.467 e. The molecular weight excluding hydrogens is 382 g/mol. The molecule has 1 atom stereocenters. The Bertz CT molecular complexity index is 786. The van der Waals surface area contributed by atoms with Crippen molar-refractivity contribution in [2.45, 2.75) is 51.9 Å². The van der Waals surface area contributed by atoms with Crippen molar-refractivity contribution in [1.82, 2.24) is 15.1 Å². The molecule has 0 radical (unpaired) electrons. The number of furan rings is 1. The number of hydrogen-bond donors (Lipinski definition) is 1. The van der Waals surface area contributed by atoms with Crippen LogP contribution in [0.1, 0.15) is 38.0 Å². The molecule has 3 rings (SSSR count). The van der Waals surface area contributed by atoms with E-state index < -0.39 is 0 Å². The number of hydrogen-bond acceptors (Lipinski definition) is 4. The van der Waals surface area contributed by atoms with E-state index >= 15 is 0 Å². The third-order valence-corrected chi connectivity index (χ3v) is 5.20. The summed E-state index contributed by atoms with van der Waals surface area (Å²) in [7, 11) is 0. The van der Waals surface area contributed by atoms with E-state index in [-0.39, 0.29) is 30.6 Å². The molecular formula is C23H31N3O4. The second-order valence-corrected chi connectivity index (χ2v) is 7.85. The first-order chi connectivity index (χ1) is 14.5. The molecule has 0 spiro atoms. The van der Waals surface area contributed by atoms with Gasteiger partial charge in [0.15, 0.2) is 0 Å². The topological polar surface area (TPSA) is 75.0 Å². The first kappa shape index (κ1) is 21.9. The molecule has 7 nitrogen and oxygen atoms in total. The predicted molar refractivity (Wildman–Crippen MR) is 114 cm³/mol. The van der Waals surface area contributed by atoms with Gasteiger partial charge in [-0.15, -0.1) is 0 Å². The van der Waals surface area contributed by atoms with Gasteiger partial charge in [0.2, 0.25) is 5.91 Å². The van der Waals surface area contributed by atoms with Gasteiger partial charge in [0, 0.05) is 25.7 Å². The normalized spacial score (nSPS) is 15.9. The van der Waals surface area contributed by atoms with Gasteiger partial charge >= 0.3 is 6.03 Å². The van der Waals surface area contributed by atoms with Crippen molar-refractivity contribution in [3.05, 3.63) is 60.1 Å². The number of carbonyl (C=O) groups excluding carboxylic acids is 2. The third kappa shape index (κ3) is 6.35. The lowest BCUT2D eigenvalue weighted by molar-refractivity contribution is -0.134. The van der Waals surface area contributed by atoms with Crippen LogP contribution in [0.15, 0.2) is 53.1 Å². The van der Waals surface area contributed by atoms with Crippen molar-refractivity contribution < 1.29 is 18.7 Å². The van der Waals surface area contributed by atoms with Gasteiger partial charge in [0.25, 0.3) is 0 Å². The number of carbonyl (C=O) groups is 2. The van der Waals surface area contributed by atoms with Crippen LogP contribution in [0.25, 0.3) is 0 Å². The number of ether oxygens (including phenoxy) is 1. The van der Waals surface area contributed by atoms with E-state index in [1.807, 2.05) is 56.3 Å². The molecule has 7 heteroatoms. The zero-order valence-corrected chi connectivity index (χ0v) is 17.8. The minimum absolute atomic E-state index is 0.00567. The fourth-order valence-corrected chi connectivity index (χ4v) is 3.49. The second kappa shape index (κ2) is 10.8. The van der Waals surface area contributed by atoms with E-state index in [4.69, 9.17) is 9.15 Å². The lowest BCUT2D eigenvalue weighted by atomic mass is 10.2. The molecule has 0 bridgehead atoms. The molecule has 1 fully saturated rings. The van der Waals surface area contributed by atoms with Gasteiger partial charge in [-0.05, 0) is 44.4 Å². The van der Waals surface area contributed by atoms with Crippen LogP contribution in [0, 0.1) is 0 Å². The van der Waals surface area contributed by atoms with Crippen LogP contribution in [0.3, 0.4) is 0 Å². The number of benzene rings is 1. The minimum Gasteiger partial charge on any atom is -0.467 e. The highest BCUT2D eigenvalue weighted by Gasteiger charge is 2.27. The van der Waals surface area contributed by atoms with Gasteiger partial charge in [-0.25, -0.2) is 4.79 Å². The summed E-state index contributed by atoms with van der Waals surface area (Å²) in [5, 5.41) is 2.92. The van der Waals surface area contributed by atoms with Crippen LogP contribution in [0.5, 0.6) is 0 Å². The van der Waals surface area contributed by atoms with Gasteiger partial charge < -0.3 is 24.3 Å². The number of nitrogens with zero attached hydrogens (tertiary/aromatic N) is 2. The maximum Gasteiger partial charge on any atom is 0.318 e.